The number of fused-ring (bicyclic) bond motifs is 1. The minimum atomic E-state index is -0.112. The van der Waals surface area contributed by atoms with Crippen molar-refractivity contribution in [3.63, 3.8) is 0 Å². The molecule has 0 bridgehead atoms. The number of alkyl halides is 1. The van der Waals surface area contributed by atoms with Gasteiger partial charge in [-0.15, -0.1) is 11.6 Å². The molecule has 0 spiro atoms. The van der Waals surface area contributed by atoms with Gasteiger partial charge in [-0.25, -0.2) is 0 Å². The Balaban J connectivity index is 1.86. The zero-order chi connectivity index (χ0) is 13.1. The second-order valence-electron chi connectivity index (χ2n) is 4.53. The summed E-state index contributed by atoms with van der Waals surface area (Å²) in [4.78, 5) is 0. The van der Waals surface area contributed by atoms with E-state index in [4.69, 9.17) is 21.1 Å². The molecule has 1 unspecified atom stereocenters. The normalized spacial score (nSPS) is 15.0. The highest BCUT2D eigenvalue weighted by Gasteiger charge is 2.20. The smallest absolute Gasteiger partial charge is 0.166 e. The fourth-order valence-electron chi connectivity index (χ4n) is 2.27. The zero-order valence-electron chi connectivity index (χ0n) is 10.5. The first-order valence-electron chi connectivity index (χ1n) is 6.41. The maximum atomic E-state index is 6.54. The molecule has 0 radical (unpaired) electrons. The van der Waals surface area contributed by atoms with E-state index in [-0.39, 0.29) is 5.38 Å². The van der Waals surface area contributed by atoms with Gasteiger partial charge in [-0.05, 0) is 18.1 Å². The van der Waals surface area contributed by atoms with Crippen LogP contribution in [-0.2, 0) is 6.42 Å². The van der Waals surface area contributed by atoms with E-state index in [1.807, 2.05) is 36.4 Å². The Morgan fingerprint density at radius 2 is 1.74 bits per heavy atom. The van der Waals surface area contributed by atoms with Gasteiger partial charge >= 0.3 is 0 Å². The first kappa shape index (κ1) is 12.4. The number of rotatable bonds is 3. The molecule has 1 aliphatic rings. The molecule has 0 aromatic heterocycles. The lowest BCUT2D eigenvalue weighted by atomic mass is 10.0. The Labute approximate surface area is 117 Å². The molecule has 3 heteroatoms. The summed E-state index contributed by atoms with van der Waals surface area (Å²) in [7, 11) is 0. The van der Waals surface area contributed by atoms with Crippen LogP contribution in [0.4, 0.5) is 0 Å². The molecule has 19 heavy (non-hydrogen) atoms. The molecule has 0 N–H and O–H groups in total. The maximum Gasteiger partial charge on any atom is 0.166 e. The Hall–Kier alpha value is -1.67. The highest BCUT2D eigenvalue weighted by molar-refractivity contribution is 6.21. The maximum absolute atomic E-state index is 6.54. The number of para-hydroxylation sites is 1. The molecule has 0 fully saturated rings. The van der Waals surface area contributed by atoms with Crippen molar-refractivity contribution in [1.82, 2.24) is 0 Å². The van der Waals surface area contributed by atoms with Crippen LogP contribution >= 0.6 is 11.6 Å². The van der Waals surface area contributed by atoms with Crippen LogP contribution in [-0.4, -0.2) is 13.2 Å². The minimum Gasteiger partial charge on any atom is -0.486 e. The van der Waals surface area contributed by atoms with Gasteiger partial charge in [-0.2, -0.15) is 0 Å². The van der Waals surface area contributed by atoms with Crippen molar-refractivity contribution in [1.29, 1.82) is 0 Å². The van der Waals surface area contributed by atoms with E-state index in [2.05, 4.69) is 12.1 Å². The first-order chi connectivity index (χ1) is 9.34. The van der Waals surface area contributed by atoms with E-state index < -0.39 is 0 Å². The van der Waals surface area contributed by atoms with Crippen LogP contribution in [0.15, 0.2) is 48.5 Å². The third kappa shape index (κ3) is 2.69. The molecular weight excluding hydrogens is 260 g/mol. The summed E-state index contributed by atoms with van der Waals surface area (Å²) in [6.07, 6.45) is 0.780. The fraction of sp³-hybridized carbons (Fsp3) is 0.250. The zero-order valence-corrected chi connectivity index (χ0v) is 11.3. The average Bonchev–Trinajstić information content (AvgIpc) is 2.47. The quantitative estimate of drug-likeness (QED) is 0.788. The summed E-state index contributed by atoms with van der Waals surface area (Å²) in [5, 5.41) is -0.112. The third-order valence-electron chi connectivity index (χ3n) is 3.19. The molecule has 0 saturated heterocycles. The number of halogens is 1. The summed E-state index contributed by atoms with van der Waals surface area (Å²) < 4.78 is 11.3. The highest BCUT2D eigenvalue weighted by atomic mass is 35.5. The third-order valence-corrected chi connectivity index (χ3v) is 3.58. The van der Waals surface area contributed by atoms with Crippen LogP contribution in [0.25, 0.3) is 0 Å². The van der Waals surface area contributed by atoms with Crippen molar-refractivity contribution in [2.75, 3.05) is 13.2 Å². The largest absolute Gasteiger partial charge is 0.486 e. The van der Waals surface area contributed by atoms with Gasteiger partial charge in [0.2, 0.25) is 0 Å². The molecule has 1 aliphatic heterocycles. The van der Waals surface area contributed by atoms with E-state index >= 15 is 0 Å². The van der Waals surface area contributed by atoms with Gasteiger partial charge in [0.1, 0.15) is 13.2 Å². The summed E-state index contributed by atoms with van der Waals surface area (Å²) in [6.45, 7) is 1.18. The number of benzene rings is 2. The molecule has 0 amide bonds. The second-order valence-corrected chi connectivity index (χ2v) is 5.06. The van der Waals surface area contributed by atoms with E-state index in [0.29, 0.717) is 13.2 Å². The summed E-state index contributed by atoms with van der Waals surface area (Å²) >= 11 is 6.54. The molecule has 2 aromatic rings. The molecular formula is C16H15ClO2. The highest BCUT2D eigenvalue weighted by Crippen LogP contribution is 2.40. The van der Waals surface area contributed by atoms with Crippen LogP contribution in [0.3, 0.4) is 0 Å². The van der Waals surface area contributed by atoms with Gasteiger partial charge in [-0.1, -0.05) is 42.5 Å². The van der Waals surface area contributed by atoms with Crippen LogP contribution in [0.1, 0.15) is 16.5 Å². The minimum absolute atomic E-state index is 0.112. The topological polar surface area (TPSA) is 18.5 Å². The number of ether oxygens (including phenoxy) is 2. The predicted molar refractivity (Wildman–Crippen MR) is 76.2 cm³/mol. The molecule has 0 saturated carbocycles. The lowest BCUT2D eigenvalue weighted by molar-refractivity contribution is 0.170. The van der Waals surface area contributed by atoms with Gasteiger partial charge < -0.3 is 9.47 Å². The van der Waals surface area contributed by atoms with Gasteiger partial charge in [0.15, 0.2) is 11.5 Å². The van der Waals surface area contributed by atoms with Crippen LogP contribution in [0, 0.1) is 0 Å². The Bertz CT molecular complexity index is 554. The number of hydrogen-bond acceptors (Lipinski definition) is 2. The Morgan fingerprint density at radius 1 is 0.947 bits per heavy atom. The number of hydrogen-bond donors (Lipinski definition) is 0. The first-order valence-corrected chi connectivity index (χ1v) is 6.85. The van der Waals surface area contributed by atoms with Crippen molar-refractivity contribution >= 4 is 11.6 Å². The standard InChI is InChI=1S/C16H15ClO2/c17-14(11-12-5-2-1-3-6-12)13-7-4-8-15-16(13)19-10-9-18-15/h1-8,14H,9-11H2. The van der Waals surface area contributed by atoms with Crippen molar-refractivity contribution < 1.29 is 9.47 Å². The fourth-order valence-corrected chi connectivity index (χ4v) is 2.62. The molecule has 2 nitrogen and oxygen atoms in total. The molecule has 98 valence electrons. The predicted octanol–water partition coefficient (Wildman–Crippen LogP) is 3.98. The Kier molecular flexibility index (Phi) is 3.60. The molecule has 2 aromatic carbocycles. The average molecular weight is 275 g/mol. The summed E-state index contributed by atoms with van der Waals surface area (Å²) in [5.41, 5.74) is 2.22. The van der Waals surface area contributed by atoms with Crippen molar-refractivity contribution in [3.8, 4) is 11.5 Å². The summed E-state index contributed by atoms with van der Waals surface area (Å²) in [5.74, 6) is 1.59. The monoisotopic (exact) mass is 274 g/mol. The lowest BCUT2D eigenvalue weighted by Crippen LogP contribution is -2.17. The molecule has 1 atom stereocenters. The van der Waals surface area contributed by atoms with E-state index in [0.717, 1.165) is 23.5 Å². The Morgan fingerprint density at radius 3 is 2.58 bits per heavy atom. The van der Waals surface area contributed by atoms with E-state index in [1.54, 1.807) is 0 Å². The van der Waals surface area contributed by atoms with Crippen LogP contribution in [0.5, 0.6) is 11.5 Å². The SMILES string of the molecule is ClC(Cc1ccccc1)c1cccc2c1OCCO2. The lowest BCUT2D eigenvalue weighted by Gasteiger charge is -2.22. The molecule has 1 heterocycles. The second kappa shape index (κ2) is 5.54. The molecule has 3 rings (SSSR count). The van der Waals surface area contributed by atoms with Gasteiger partial charge in [-0.3, -0.25) is 0 Å². The van der Waals surface area contributed by atoms with E-state index in [9.17, 15) is 0 Å². The van der Waals surface area contributed by atoms with Gasteiger partial charge in [0.25, 0.3) is 0 Å². The van der Waals surface area contributed by atoms with Crippen molar-refractivity contribution in [3.05, 3.63) is 59.7 Å². The van der Waals surface area contributed by atoms with Crippen LogP contribution in [0.2, 0.25) is 0 Å². The van der Waals surface area contributed by atoms with Crippen LogP contribution < -0.4 is 9.47 Å². The van der Waals surface area contributed by atoms with E-state index in [1.165, 1.54) is 5.56 Å². The van der Waals surface area contributed by atoms with Crippen molar-refractivity contribution in [2.45, 2.75) is 11.8 Å². The molecule has 0 aliphatic carbocycles. The summed E-state index contributed by atoms with van der Waals surface area (Å²) in [6, 6.07) is 16.1. The van der Waals surface area contributed by atoms with Crippen molar-refractivity contribution in [2.24, 2.45) is 0 Å². The van der Waals surface area contributed by atoms with Gasteiger partial charge in [0, 0.05) is 5.56 Å². The van der Waals surface area contributed by atoms with Gasteiger partial charge in [0.05, 0.1) is 5.38 Å².